The fourth-order valence-electron chi connectivity index (χ4n) is 10.0. The molecule has 4 unspecified atom stereocenters. The summed E-state index contributed by atoms with van der Waals surface area (Å²) in [5.41, 5.74) is 6.06. The Bertz CT molecular complexity index is 710. The molecule has 4 aliphatic carbocycles. The molecule has 4 saturated carbocycles. The van der Waals surface area contributed by atoms with E-state index in [0.717, 1.165) is 42.9 Å². The molecule has 0 heterocycles. The van der Waals surface area contributed by atoms with Crippen LogP contribution in [0.25, 0.3) is 0 Å². The Hall–Kier alpha value is -1.03. The number of hydrogen-bond acceptors (Lipinski definition) is 2. The molecule has 4 nitrogen and oxygen atoms in total. The molecule has 0 aromatic carbocycles. The quantitative estimate of drug-likeness (QED) is 0.456. The van der Waals surface area contributed by atoms with Crippen LogP contribution in [0.1, 0.15) is 85.5 Å². The van der Waals surface area contributed by atoms with Gasteiger partial charge >= 0.3 is 6.03 Å². The summed E-state index contributed by atoms with van der Waals surface area (Å²) in [5, 5.41) is 13.4. The number of hydrogen-bond donors (Lipinski definition) is 3. The van der Waals surface area contributed by atoms with Crippen LogP contribution in [-0.2, 0) is 0 Å². The van der Waals surface area contributed by atoms with Crippen LogP contribution in [0.5, 0.6) is 0 Å². The van der Waals surface area contributed by atoms with E-state index in [9.17, 15) is 9.90 Å². The highest BCUT2D eigenvalue weighted by atomic mass is 16.3. The van der Waals surface area contributed by atoms with Crippen molar-refractivity contribution < 1.29 is 9.90 Å². The lowest BCUT2D eigenvalue weighted by Crippen LogP contribution is -2.60. The molecule has 0 bridgehead atoms. The maximum Gasteiger partial charge on any atom is 0.312 e. The summed E-state index contributed by atoms with van der Waals surface area (Å²) in [6, 6.07) is -0.407. The molecule has 0 radical (unpaired) electrons. The summed E-state index contributed by atoms with van der Waals surface area (Å²) in [7, 11) is 0. The fourth-order valence-corrected chi connectivity index (χ4v) is 10.0. The lowest BCUT2D eigenvalue weighted by atomic mass is 9.39. The van der Waals surface area contributed by atoms with Crippen LogP contribution in [0.15, 0.2) is 12.7 Å². The average Bonchev–Trinajstić information content (AvgIpc) is 3.10. The van der Waals surface area contributed by atoms with Crippen LogP contribution < -0.4 is 11.1 Å². The highest BCUT2D eigenvalue weighted by Crippen LogP contribution is 2.71. The Morgan fingerprint density at radius 3 is 2.50 bits per heavy atom. The Morgan fingerprint density at radius 1 is 1.16 bits per heavy atom. The molecular formula is C28H48N2O2. The molecule has 0 aromatic heterocycles. The first-order valence-electron chi connectivity index (χ1n) is 13.5. The van der Waals surface area contributed by atoms with Crippen LogP contribution >= 0.6 is 0 Å². The lowest BCUT2D eigenvalue weighted by molar-refractivity contribution is -0.171. The molecule has 182 valence electrons. The molecule has 4 fully saturated rings. The third kappa shape index (κ3) is 3.73. The van der Waals surface area contributed by atoms with Crippen molar-refractivity contribution in [3.05, 3.63) is 12.7 Å². The zero-order valence-electron chi connectivity index (χ0n) is 21.0. The number of fused-ring (bicyclic) bond motifs is 5. The van der Waals surface area contributed by atoms with Crippen molar-refractivity contribution in [2.24, 2.45) is 63.9 Å². The predicted molar refractivity (Wildman–Crippen MR) is 131 cm³/mol. The van der Waals surface area contributed by atoms with E-state index in [1.165, 1.54) is 38.5 Å². The van der Waals surface area contributed by atoms with E-state index >= 15 is 0 Å². The van der Waals surface area contributed by atoms with Gasteiger partial charge in [-0.25, -0.2) is 4.79 Å². The smallest absolute Gasteiger partial charge is 0.312 e. The van der Waals surface area contributed by atoms with E-state index in [1.807, 2.05) is 0 Å². The van der Waals surface area contributed by atoms with Gasteiger partial charge in [-0.1, -0.05) is 40.2 Å². The number of amides is 2. The van der Waals surface area contributed by atoms with Gasteiger partial charge in [0.1, 0.15) is 0 Å². The van der Waals surface area contributed by atoms with Gasteiger partial charge in [0.15, 0.2) is 0 Å². The van der Waals surface area contributed by atoms with Gasteiger partial charge in [-0.05, 0) is 110 Å². The van der Waals surface area contributed by atoms with Gasteiger partial charge in [0.05, 0.1) is 6.10 Å². The second kappa shape index (κ2) is 8.96. The number of nitrogens with two attached hydrogens (primary N) is 1. The van der Waals surface area contributed by atoms with Gasteiger partial charge < -0.3 is 16.2 Å². The first kappa shape index (κ1) is 24.1. The molecule has 4 heteroatoms. The summed E-state index contributed by atoms with van der Waals surface area (Å²) in [4.78, 5) is 11.1. The lowest BCUT2D eigenvalue weighted by Gasteiger charge is -2.65. The van der Waals surface area contributed by atoms with Crippen molar-refractivity contribution in [1.82, 2.24) is 5.32 Å². The Morgan fingerprint density at radius 2 is 1.84 bits per heavy atom. The van der Waals surface area contributed by atoms with Crippen molar-refractivity contribution in [3.8, 4) is 0 Å². The minimum atomic E-state index is -0.407. The number of carbonyl (C=O) groups excluding carboxylic acids is 1. The number of primary amides is 1. The molecule has 0 spiro atoms. The van der Waals surface area contributed by atoms with E-state index in [-0.39, 0.29) is 6.10 Å². The third-order valence-corrected chi connectivity index (χ3v) is 11.4. The van der Waals surface area contributed by atoms with E-state index in [0.29, 0.717) is 41.0 Å². The molecule has 0 aromatic rings. The zero-order chi connectivity index (χ0) is 23.3. The van der Waals surface area contributed by atoms with Crippen molar-refractivity contribution in [2.75, 3.05) is 6.54 Å². The standard InChI is InChI=1S/C28H48N2O2/c1-6-19-20(7-2)25-22-9-8-21(17(3)12-15-30-26(29)32)27(22,4)14-11-23(25)28(5)13-10-18(31)16-24(19)28/h7,17-25,31H,2,6,8-16H2,1,3-5H3,(H3,29,30,32)/t17-,18-,19+,20-,21?,22+,23?,24?,25+,27-,28?/m1/s1. The third-order valence-electron chi connectivity index (χ3n) is 11.4. The first-order chi connectivity index (χ1) is 15.2. The fraction of sp³-hybridized carbons (Fsp3) is 0.893. The molecule has 2 amide bonds. The number of aliphatic hydroxyl groups excluding tert-OH is 1. The summed E-state index contributed by atoms with van der Waals surface area (Å²) in [6.45, 7) is 15.0. The average molecular weight is 445 g/mol. The second-order valence-corrected chi connectivity index (χ2v) is 12.5. The van der Waals surface area contributed by atoms with Crippen molar-refractivity contribution in [1.29, 1.82) is 0 Å². The summed E-state index contributed by atoms with van der Waals surface area (Å²) >= 11 is 0. The Balaban J connectivity index is 1.61. The number of allylic oxidation sites excluding steroid dienone is 1. The molecule has 4 aliphatic rings. The molecular weight excluding hydrogens is 396 g/mol. The number of aliphatic hydroxyl groups is 1. The van der Waals surface area contributed by atoms with Crippen molar-refractivity contribution in [2.45, 2.75) is 91.6 Å². The van der Waals surface area contributed by atoms with Gasteiger partial charge in [-0.3, -0.25) is 0 Å². The molecule has 11 atom stereocenters. The van der Waals surface area contributed by atoms with E-state index in [4.69, 9.17) is 5.73 Å². The normalized spacial score (nSPS) is 48.8. The van der Waals surface area contributed by atoms with Crippen LogP contribution in [0, 0.1) is 58.2 Å². The van der Waals surface area contributed by atoms with Crippen LogP contribution in [0.3, 0.4) is 0 Å². The van der Waals surface area contributed by atoms with Gasteiger partial charge in [-0.15, -0.1) is 6.58 Å². The maximum absolute atomic E-state index is 11.1. The summed E-state index contributed by atoms with van der Waals surface area (Å²) in [5.74, 6) is 5.51. The van der Waals surface area contributed by atoms with Crippen molar-refractivity contribution >= 4 is 6.03 Å². The zero-order valence-corrected chi connectivity index (χ0v) is 21.0. The largest absolute Gasteiger partial charge is 0.393 e. The first-order valence-corrected chi connectivity index (χ1v) is 13.5. The highest BCUT2D eigenvalue weighted by Gasteiger charge is 2.64. The van der Waals surface area contributed by atoms with Gasteiger partial charge in [-0.2, -0.15) is 0 Å². The summed E-state index contributed by atoms with van der Waals surface area (Å²) in [6.07, 6.45) is 13.0. The van der Waals surface area contributed by atoms with Gasteiger partial charge in [0.2, 0.25) is 0 Å². The molecule has 0 saturated heterocycles. The molecule has 0 aliphatic heterocycles. The Kier molecular flexibility index (Phi) is 6.75. The molecule has 32 heavy (non-hydrogen) atoms. The molecule has 4 N–H and O–H groups in total. The Labute approximate surface area is 196 Å². The van der Waals surface area contributed by atoms with E-state index in [2.05, 4.69) is 45.7 Å². The summed E-state index contributed by atoms with van der Waals surface area (Å²) < 4.78 is 0. The van der Waals surface area contributed by atoms with Crippen LogP contribution in [0.2, 0.25) is 0 Å². The number of carbonyl (C=O) groups is 1. The predicted octanol–water partition coefficient (Wildman–Crippen LogP) is 5.75. The van der Waals surface area contributed by atoms with Crippen molar-refractivity contribution in [3.63, 3.8) is 0 Å². The van der Waals surface area contributed by atoms with Gasteiger partial charge in [0, 0.05) is 6.54 Å². The second-order valence-electron chi connectivity index (χ2n) is 12.5. The number of urea groups is 1. The van der Waals surface area contributed by atoms with Gasteiger partial charge in [0.25, 0.3) is 0 Å². The minimum absolute atomic E-state index is 0.108. The number of rotatable bonds is 6. The topological polar surface area (TPSA) is 75.3 Å². The van der Waals surface area contributed by atoms with E-state index < -0.39 is 6.03 Å². The molecule has 4 rings (SSSR count). The monoisotopic (exact) mass is 444 g/mol. The number of nitrogens with one attached hydrogen (secondary N) is 1. The van der Waals surface area contributed by atoms with Crippen LogP contribution in [-0.4, -0.2) is 23.8 Å². The minimum Gasteiger partial charge on any atom is -0.393 e. The van der Waals surface area contributed by atoms with E-state index in [1.54, 1.807) is 0 Å². The highest BCUT2D eigenvalue weighted by molar-refractivity contribution is 5.71. The van der Waals surface area contributed by atoms with Crippen LogP contribution in [0.4, 0.5) is 4.79 Å². The SMILES string of the molecule is C=C[C@H]1[C@@H]2C(CC[C@]3(C)C([C@H](C)CCNC(N)=O)CC[C@@H]23)C2(C)CC[C@@H](O)CC2[C@H]1CC. The maximum atomic E-state index is 11.1.